The Bertz CT molecular complexity index is 641. The third-order valence-electron chi connectivity index (χ3n) is 4.45. The number of hydrogen-bond acceptors (Lipinski definition) is 3. The van der Waals surface area contributed by atoms with Crippen LogP contribution >= 0.6 is 0 Å². The fourth-order valence-electron chi connectivity index (χ4n) is 3.07. The Hall–Kier alpha value is -2.14. The lowest BCUT2D eigenvalue weighted by molar-refractivity contribution is 0.0949. The van der Waals surface area contributed by atoms with Crippen molar-refractivity contribution in [2.45, 2.75) is 32.9 Å². The summed E-state index contributed by atoms with van der Waals surface area (Å²) in [5.74, 6) is 1.55. The predicted octanol–water partition coefficient (Wildman–Crippen LogP) is 1.98. The second-order valence-corrected chi connectivity index (χ2v) is 6.07. The Morgan fingerprint density at radius 2 is 2.22 bits per heavy atom. The van der Waals surface area contributed by atoms with Crippen molar-refractivity contribution in [3.05, 3.63) is 53.6 Å². The van der Waals surface area contributed by atoms with Crippen molar-refractivity contribution in [2.75, 3.05) is 13.1 Å². The fourth-order valence-corrected chi connectivity index (χ4v) is 3.07. The largest absolute Gasteiger partial charge is 0.345 e. The molecule has 5 nitrogen and oxygen atoms in total. The Kier molecular flexibility index (Phi) is 5.08. The molecule has 1 amide bonds. The number of rotatable bonds is 6. The first-order valence-corrected chi connectivity index (χ1v) is 8.34. The number of amides is 1. The van der Waals surface area contributed by atoms with Crippen molar-refractivity contribution in [1.82, 2.24) is 20.2 Å². The van der Waals surface area contributed by atoms with Gasteiger partial charge in [0.05, 0.1) is 6.54 Å². The Morgan fingerprint density at radius 1 is 1.39 bits per heavy atom. The maximum absolute atomic E-state index is 12.2. The SMILES string of the molecule is CCn1ccnc1CNC(=O)c1ccc(CC2CCNC2)cc1. The molecule has 0 spiro atoms. The lowest BCUT2D eigenvalue weighted by Crippen LogP contribution is -2.24. The van der Waals surface area contributed by atoms with Gasteiger partial charge in [-0.3, -0.25) is 4.79 Å². The van der Waals surface area contributed by atoms with Crippen molar-refractivity contribution >= 4 is 5.91 Å². The van der Waals surface area contributed by atoms with E-state index in [1.54, 1.807) is 6.20 Å². The molecule has 1 aliphatic rings. The van der Waals surface area contributed by atoms with Crippen molar-refractivity contribution in [1.29, 1.82) is 0 Å². The number of hydrogen-bond donors (Lipinski definition) is 2. The molecule has 1 aromatic carbocycles. The fraction of sp³-hybridized carbons (Fsp3) is 0.444. The van der Waals surface area contributed by atoms with Gasteiger partial charge in [0, 0.05) is 24.5 Å². The molecular formula is C18H24N4O. The Morgan fingerprint density at radius 3 is 2.91 bits per heavy atom. The molecule has 1 fully saturated rings. The number of carbonyl (C=O) groups excluding carboxylic acids is 1. The molecule has 2 heterocycles. The highest BCUT2D eigenvalue weighted by Crippen LogP contribution is 2.15. The second-order valence-electron chi connectivity index (χ2n) is 6.07. The molecule has 0 saturated carbocycles. The van der Waals surface area contributed by atoms with Crippen LogP contribution in [0.2, 0.25) is 0 Å². The number of carbonyl (C=O) groups is 1. The van der Waals surface area contributed by atoms with Crippen LogP contribution in [0, 0.1) is 5.92 Å². The maximum atomic E-state index is 12.2. The molecule has 1 aliphatic heterocycles. The van der Waals surface area contributed by atoms with E-state index in [1.807, 2.05) is 22.9 Å². The maximum Gasteiger partial charge on any atom is 0.251 e. The molecule has 23 heavy (non-hydrogen) atoms. The third-order valence-corrected chi connectivity index (χ3v) is 4.45. The van der Waals surface area contributed by atoms with Gasteiger partial charge < -0.3 is 15.2 Å². The van der Waals surface area contributed by atoms with Crippen LogP contribution in [0.3, 0.4) is 0 Å². The van der Waals surface area contributed by atoms with Gasteiger partial charge in [0.2, 0.25) is 0 Å². The molecule has 0 bridgehead atoms. The van der Waals surface area contributed by atoms with Crippen LogP contribution in [-0.2, 0) is 19.5 Å². The third kappa shape index (κ3) is 3.99. The zero-order valence-electron chi connectivity index (χ0n) is 13.6. The molecule has 0 radical (unpaired) electrons. The number of benzene rings is 1. The Labute approximate surface area is 137 Å². The summed E-state index contributed by atoms with van der Waals surface area (Å²) in [7, 11) is 0. The van der Waals surface area contributed by atoms with Gasteiger partial charge in [-0.25, -0.2) is 4.98 Å². The van der Waals surface area contributed by atoms with Crippen molar-refractivity contribution in [2.24, 2.45) is 5.92 Å². The molecule has 1 atom stereocenters. The average Bonchev–Trinajstić information content (AvgIpc) is 3.24. The van der Waals surface area contributed by atoms with E-state index in [4.69, 9.17) is 0 Å². The standard InChI is InChI=1S/C18H24N4O/c1-2-22-10-9-20-17(22)13-21-18(23)16-5-3-14(4-6-16)11-15-7-8-19-12-15/h3-6,9-10,15,19H,2,7-8,11-13H2,1H3,(H,21,23). The smallest absolute Gasteiger partial charge is 0.251 e. The second kappa shape index (κ2) is 7.42. The predicted molar refractivity (Wildman–Crippen MR) is 90.2 cm³/mol. The quantitative estimate of drug-likeness (QED) is 0.857. The molecule has 2 aromatic rings. The van der Waals surface area contributed by atoms with E-state index in [9.17, 15) is 4.79 Å². The highest BCUT2D eigenvalue weighted by molar-refractivity contribution is 5.94. The van der Waals surface area contributed by atoms with E-state index in [0.717, 1.165) is 37.8 Å². The summed E-state index contributed by atoms with van der Waals surface area (Å²) in [6.45, 7) is 5.60. The molecule has 1 unspecified atom stereocenters. The van der Waals surface area contributed by atoms with Crippen LogP contribution in [-0.4, -0.2) is 28.5 Å². The minimum absolute atomic E-state index is 0.0512. The first-order valence-electron chi connectivity index (χ1n) is 8.34. The van der Waals surface area contributed by atoms with Crippen molar-refractivity contribution < 1.29 is 4.79 Å². The molecule has 122 valence electrons. The van der Waals surface area contributed by atoms with E-state index in [-0.39, 0.29) is 5.91 Å². The van der Waals surface area contributed by atoms with Gasteiger partial charge in [-0.1, -0.05) is 12.1 Å². The molecule has 2 N–H and O–H groups in total. The number of nitrogens with zero attached hydrogens (tertiary/aromatic N) is 2. The monoisotopic (exact) mass is 312 g/mol. The summed E-state index contributed by atoms with van der Waals surface area (Å²) in [6, 6.07) is 7.97. The van der Waals surface area contributed by atoms with Crippen LogP contribution in [0.4, 0.5) is 0 Å². The van der Waals surface area contributed by atoms with E-state index in [1.165, 1.54) is 12.0 Å². The van der Waals surface area contributed by atoms with Crippen LogP contribution in [0.1, 0.15) is 35.1 Å². The molecular weight excluding hydrogens is 288 g/mol. The number of nitrogens with one attached hydrogen (secondary N) is 2. The normalized spacial score (nSPS) is 17.3. The van der Waals surface area contributed by atoms with Gasteiger partial charge in [-0.2, -0.15) is 0 Å². The molecule has 5 heteroatoms. The summed E-state index contributed by atoms with van der Waals surface area (Å²) < 4.78 is 2.03. The van der Waals surface area contributed by atoms with Gasteiger partial charge in [-0.15, -0.1) is 0 Å². The zero-order valence-corrected chi connectivity index (χ0v) is 13.6. The molecule has 1 aromatic heterocycles. The van der Waals surface area contributed by atoms with Gasteiger partial charge in [0.1, 0.15) is 5.82 Å². The first kappa shape index (κ1) is 15.7. The lowest BCUT2D eigenvalue weighted by atomic mass is 9.98. The topological polar surface area (TPSA) is 59.0 Å². The lowest BCUT2D eigenvalue weighted by Gasteiger charge is -2.10. The van der Waals surface area contributed by atoms with Gasteiger partial charge in [-0.05, 0) is 56.5 Å². The number of aryl methyl sites for hydroxylation is 1. The van der Waals surface area contributed by atoms with E-state index < -0.39 is 0 Å². The van der Waals surface area contributed by atoms with Crippen LogP contribution in [0.25, 0.3) is 0 Å². The van der Waals surface area contributed by atoms with Crippen LogP contribution in [0.15, 0.2) is 36.7 Å². The highest BCUT2D eigenvalue weighted by Gasteiger charge is 2.15. The van der Waals surface area contributed by atoms with Crippen LogP contribution in [0.5, 0.6) is 0 Å². The summed E-state index contributed by atoms with van der Waals surface area (Å²) >= 11 is 0. The van der Waals surface area contributed by atoms with Crippen molar-refractivity contribution in [3.8, 4) is 0 Å². The summed E-state index contributed by atoms with van der Waals surface area (Å²) in [5.41, 5.74) is 2.00. The summed E-state index contributed by atoms with van der Waals surface area (Å²) in [5, 5.41) is 6.33. The zero-order chi connectivity index (χ0) is 16.1. The molecule has 0 aliphatic carbocycles. The summed E-state index contributed by atoms with van der Waals surface area (Å²) in [4.78, 5) is 16.5. The van der Waals surface area contributed by atoms with Crippen LogP contribution < -0.4 is 10.6 Å². The van der Waals surface area contributed by atoms with E-state index in [2.05, 4.69) is 34.7 Å². The number of aromatic nitrogens is 2. The summed E-state index contributed by atoms with van der Waals surface area (Å²) in [6.07, 6.45) is 6.01. The van der Waals surface area contributed by atoms with E-state index >= 15 is 0 Å². The number of imidazole rings is 1. The van der Waals surface area contributed by atoms with Gasteiger partial charge in [0.15, 0.2) is 0 Å². The minimum atomic E-state index is -0.0512. The highest BCUT2D eigenvalue weighted by atomic mass is 16.1. The Balaban J connectivity index is 1.54. The van der Waals surface area contributed by atoms with Gasteiger partial charge in [0.25, 0.3) is 5.91 Å². The molecule has 3 rings (SSSR count). The van der Waals surface area contributed by atoms with Crippen molar-refractivity contribution in [3.63, 3.8) is 0 Å². The van der Waals surface area contributed by atoms with Gasteiger partial charge >= 0.3 is 0 Å². The van der Waals surface area contributed by atoms with E-state index in [0.29, 0.717) is 12.1 Å². The molecule has 1 saturated heterocycles. The minimum Gasteiger partial charge on any atom is -0.345 e. The average molecular weight is 312 g/mol. The first-order chi connectivity index (χ1) is 11.3.